The van der Waals surface area contributed by atoms with E-state index in [0.29, 0.717) is 11.5 Å². The van der Waals surface area contributed by atoms with Crippen LogP contribution in [0, 0.1) is 12.3 Å². The maximum absolute atomic E-state index is 6.14. The Balaban J connectivity index is 1.94. The Morgan fingerprint density at radius 3 is 2.38 bits per heavy atom. The van der Waals surface area contributed by atoms with Gasteiger partial charge in [-0.2, -0.15) is 0 Å². The highest BCUT2D eigenvalue weighted by Gasteiger charge is 2.48. The van der Waals surface area contributed by atoms with Gasteiger partial charge in [0.15, 0.2) is 0 Å². The number of anilines is 1. The summed E-state index contributed by atoms with van der Waals surface area (Å²) >= 11 is 0. The molecule has 1 fully saturated rings. The molecule has 2 nitrogen and oxygen atoms in total. The number of benzene rings is 2. The van der Waals surface area contributed by atoms with E-state index in [4.69, 9.17) is 4.42 Å². The van der Waals surface area contributed by atoms with Crippen molar-refractivity contribution in [3.63, 3.8) is 0 Å². The highest BCUT2D eigenvalue weighted by molar-refractivity contribution is 6.06. The van der Waals surface area contributed by atoms with E-state index in [-0.39, 0.29) is 5.54 Å². The van der Waals surface area contributed by atoms with Crippen LogP contribution in [0.25, 0.3) is 21.9 Å². The van der Waals surface area contributed by atoms with Crippen molar-refractivity contribution in [2.45, 2.75) is 59.5 Å². The molecule has 24 heavy (non-hydrogen) atoms. The number of furan rings is 1. The molecule has 126 valence electrons. The predicted octanol–water partition coefficient (Wildman–Crippen LogP) is 6.30. The van der Waals surface area contributed by atoms with E-state index in [2.05, 4.69) is 76.8 Å². The van der Waals surface area contributed by atoms with Gasteiger partial charge in [-0.3, -0.25) is 0 Å². The molecule has 0 N–H and O–H groups in total. The van der Waals surface area contributed by atoms with Crippen LogP contribution < -0.4 is 4.90 Å². The first-order valence-corrected chi connectivity index (χ1v) is 8.92. The lowest BCUT2D eigenvalue weighted by atomic mass is 9.82. The molecule has 0 aliphatic carbocycles. The Morgan fingerprint density at radius 2 is 1.71 bits per heavy atom. The van der Waals surface area contributed by atoms with Crippen molar-refractivity contribution in [3.8, 4) is 0 Å². The number of fused-ring (bicyclic) bond motifs is 3. The van der Waals surface area contributed by atoms with Crippen LogP contribution in [-0.2, 0) is 0 Å². The third-order valence-electron chi connectivity index (χ3n) is 6.01. The number of hydrogen-bond acceptors (Lipinski definition) is 2. The minimum absolute atomic E-state index is 0.146. The van der Waals surface area contributed by atoms with Gasteiger partial charge in [-0.1, -0.05) is 32.0 Å². The van der Waals surface area contributed by atoms with Crippen molar-refractivity contribution in [3.05, 3.63) is 42.0 Å². The van der Waals surface area contributed by atoms with Crippen LogP contribution in [0.2, 0.25) is 0 Å². The molecule has 2 heteroatoms. The van der Waals surface area contributed by atoms with Gasteiger partial charge in [0.05, 0.1) is 0 Å². The van der Waals surface area contributed by atoms with Gasteiger partial charge in [-0.15, -0.1) is 0 Å². The molecule has 0 radical (unpaired) electrons. The predicted molar refractivity (Wildman–Crippen MR) is 103 cm³/mol. The zero-order valence-electron chi connectivity index (χ0n) is 15.6. The van der Waals surface area contributed by atoms with Crippen LogP contribution in [0.1, 0.15) is 46.6 Å². The van der Waals surface area contributed by atoms with Crippen molar-refractivity contribution in [2.75, 3.05) is 4.90 Å². The van der Waals surface area contributed by atoms with Gasteiger partial charge < -0.3 is 9.32 Å². The quantitative estimate of drug-likeness (QED) is 0.523. The lowest BCUT2D eigenvalue weighted by Gasteiger charge is -2.38. The summed E-state index contributed by atoms with van der Waals surface area (Å²) in [5.41, 5.74) is 5.05. The van der Waals surface area contributed by atoms with E-state index >= 15 is 0 Å². The summed E-state index contributed by atoms with van der Waals surface area (Å²) in [5.74, 6) is 0. The monoisotopic (exact) mass is 321 g/mol. The molecular weight excluding hydrogens is 294 g/mol. The van der Waals surface area contributed by atoms with Gasteiger partial charge in [0.25, 0.3) is 0 Å². The number of rotatable bonds is 1. The lowest BCUT2D eigenvalue weighted by molar-refractivity contribution is 0.329. The zero-order valence-corrected chi connectivity index (χ0v) is 15.6. The van der Waals surface area contributed by atoms with Crippen molar-refractivity contribution in [1.82, 2.24) is 0 Å². The van der Waals surface area contributed by atoms with E-state index in [0.717, 1.165) is 11.2 Å². The second kappa shape index (κ2) is 4.78. The molecule has 1 saturated heterocycles. The summed E-state index contributed by atoms with van der Waals surface area (Å²) in [6.45, 7) is 14.1. The average molecular weight is 321 g/mol. The molecule has 1 aliphatic heterocycles. The molecule has 0 amide bonds. The van der Waals surface area contributed by atoms with Crippen molar-refractivity contribution in [1.29, 1.82) is 0 Å². The largest absolute Gasteiger partial charge is 0.456 e. The Bertz CT molecular complexity index is 932. The molecule has 4 rings (SSSR count). The molecule has 2 heterocycles. The van der Waals surface area contributed by atoms with E-state index in [1.807, 2.05) is 6.07 Å². The summed E-state index contributed by atoms with van der Waals surface area (Å²) < 4.78 is 6.14. The minimum atomic E-state index is 0.146. The van der Waals surface area contributed by atoms with E-state index < -0.39 is 0 Å². The van der Waals surface area contributed by atoms with Crippen molar-refractivity contribution < 1.29 is 4.42 Å². The Labute approximate surface area is 144 Å². The molecule has 0 saturated carbocycles. The number of hydrogen-bond donors (Lipinski definition) is 0. The SMILES string of the molecule is Cc1cc2c(cc1N1[C@@H](C)C(C)(C)CC1(C)C)oc1ccccc12. The first kappa shape index (κ1) is 15.6. The summed E-state index contributed by atoms with van der Waals surface area (Å²) in [6.07, 6.45) is 1.19. The third-order valence-corrected chi connectivity index (χ3v) is 6.01. The van der Waals surface area contributed by atoms with E-state index in [9.17, 15) is 0 Å². The normalized spacial score (nSPS) is 22.6. The third kappa shape index (κ3) is 2.08. The molecule has 0 unspecified atom stereocenters. The highest BCUT2D eigenvalue weighted by Crippen LogP contribution is 2.49. The minimum Gasteiger partial charge on any atom is -0.456 e. The Kier molecular flexibility index (Phi) is 3.10. The number of para-hydroxylation sites is 1. The van der Waals surface area contributed by atoms with Crippen LogP contribution in [0.5, 0.6) is 0 Å². The van der Waals surface area contributed by atoms with E-state index in [1.165, 1.54) is 28.4 Å². The molecule has 0 spiro atoms. The fraction of sp³-hybridized carbons (Fsp3) is 0.455. The molecule has 2 aromatic carbocycles. The standard InChI is InChI=1S/C22H27NO/c1-14-11-17-16-9-7-8-10-19(16)24-20(17)12-18(14)23-15(2)21(3,4)13-22(23,5)6/h7-12,15H,13H2,1-6H3/t15-/m0/s1. The molecule has 1 aromatic heterocycles. The number of aryl methyl sites for hydroxylation is 1. The van der Waals surface area contributed by atoms with Crippen LogP contribution in [0.15, 0.2) is 40.8 Å². The lowest BCUT2D eigenvalue weighted by Crippen LogP contribution is -2.43. The van der Waals surface area contributed by atoms with Crippen LogP contribution in [-0.4, -0.2) is 11.6 Å². The zero-order chi connectivity index (χ0) is 17.3. The molecule has 1 aliphatic rings. The fourth-order valence-corrected chi connectivity index (χ4v) is 4.88. The van der Waals surface area contributed by atoms with Gasteiger partial charge in [-0.25, -0.2) is 0 Å². The summed E-state index contributed by atoms with van der Waals surface area (Å²) in [7, 11) is 0. The summed E-state index contributed by atoms with van der Waals surface area (Å²) in [4.78, 5) is 2.61. The first-order valence-electron chi connectivity index (χ1n) is 8.92. The Hall–Kier alpha value is -1.96. The van der Waals surface area contributed by atoms with Crippen LogP contribution >= 0.6 is 0 Å². The maximum Gasteiger partial charge on any atom is 0.137 e. The van der Waals surface area contributed by atoms with Crippen molar-refractivity contribution in [2.24, 2.45) is 5.41 Å². The summed E-state index contributed by atoms with van der Waals surface area (Å²) in [6, 6.07) is 13.4. The second-order valence-electron chi connectivity index (χ2n) is 8.76. The maximum atomic E-state index is 6.14. The molecule has 1 atom stereocenters. The molecule has 3 aromatic rings. The Morgan fingerprint density at radius 1 is 1.00 bits per heavy atom. The second-order valence-corrected chi connectivity index (χ2v) is 8.76. The van der Waals surface area contributed by atoms with Gasteiger partial charge in [0.1, 0.15) is 11.2 Å². The van der Waals surface area contributed by atoms with Crippen LogP contribution in [0.3, 0.4) is 0 Å². The van der Waals surface area contributed by atoms with Gasteiger partial charge in [-0.05, 0) is 57.2 Å². The van der Waals surface area contributed by atoms with Gasteiger partial charge in [0.2, 0.25) is 0 Å². The first-order chi connectivity index (χ1) is 11.2. The fourth-order valence-electron chi connectivity index (χ4n) is 4.88. The van der Waals surface area contributed by atoms with Gasteiger partial charge >= 0.3 is 0 Å². The number of nitrogens with zero attached hydrogens (tertiary/aromatic N) is 1. The van der Waals surface area contributed by atoms with Crippen molar-refractivity contribution >= 4 is 27.6 Å². The van der Waals surface area contributed by atoms with Crippen LogP contribution in [0.4, 0.5) is 5.69 Å². The van der Waals surface area contributed by atoms with Gasteiger partial charge in [0, 0.05) is 34.1 Å². The average Bonchev–Trinajstić information content (AvgIpc) is 2.91. The molecule has 0 bridgehead atoms. The highest BCUT2D eigenvalue weighted by atomic mass is 16.3. The van der Waals surface area contributed by atoms with E-state index in [1.54, 1.807) is 0 Å². The smallest absolute Gasteiger partial charge is 0.137 e. The summed E-state index contributed by atoms with van der Waals surface area (Å²) in [5, 5.41) is 2.42. The topological polar surface area (TPSA) is 16.4 Å². The molecular formula is C22H27NO.